The summed E-state index contributed by atoms with van der Waals surface area (Å²) < 4.78 is 26.5. The van der Waals surface area contributed by atoms with Crippen molar-refractivity contribution in [3.05, 3.63) is 28.0 Å². The van der Waals surface area contributed by atoms with Gasteiger partial charge < -0.3 is 5.11 Å². The number of aliphatic carboxylic acids is 1. The maximum atomic E-state index is 13.3. The molecule has 0 radical (unpaired) electrons. The minimum Gasteiger partial charge on any atom is -0.481 e. The van der Waals surface area contributed by atoms with Gasteiger partial charge in [-0.25, -0.2) is 13.8 Å². The Morgan fingerprint density at radius 3 is 2.60 bits per heavy atom. The van der Waals surface area contributed by atoms with E-state index in [1.165, 1.54) is 0 Å². The summed E-state index contributed by atoms with van der Waals surface area (Å²) in [5, 5.41) is 7.95. The van der Waals surface area contributed by atoms with Gasteiger partial charge in [-0.05, 0) is 6.07 Å². The molecule has 7 heteroatoms. The molecule has 0 amide bonds. The van der Waals surface area contributed by atoms with Gasteiger partial charge in [0.15, 0.2) is 0 Å². The van der Waals surface area contributed by atoms with Crippen LogP contribution >= 0.6 is 23.2 Å². The first-order valence-corrected chi connectivity index (χ1v) is 4.49. The number of carboxylic acid groups (broad SMARTS) is 1. The van der Waals surface area contributed by atoms with E-state index in [1.807, 2.05) is 0 Å². The molecule has 1 N–H and O–H groups in total. The predicted octanol–water partition coefficient (Wildman–Crippen LogP) is 2.95. The molecule has 0 unspecified atom stereocenters. The SMILES string of the molecule is O=C(O)CC(F)(F)c1cnc(Cl)cc1Cl. The van der Waals surface area contributed by atoms with Crippen molar-refractivity contribution in [1.29, 1.82) is 0 Å². The molecule has 3 nitrogen and oxygen atoms in total. The molecule has 0 fully saturated rings. The number of aromatic nitrogens is 1. The van der Waals surface area contributed by atoms with Crippen LogP contribution in [0.15, 0.2) is 12.3 Å². The standard InChI is InChI=1S/C8H5Cl2F2NO2/c9-5-1-6(10)13-3-4(5)8(11,12)2-7(14)15/h1,3H,2H2,(H,14,15). The summed E-state index contributed by atoms with van der Waals surface area (Å²) in [6.45, 7) is 0. The van der Waals surface area contributed by atoms with E-state index in [9.17, 15) is 13.6 Å². The number of halogens is 4. The zero-order valence-electron chi connectivity index (χ0n) is 7.18. The van der Waals surface area contributed by atoms with Crippen molar-refractivity contribution in [3.8, 4) is 0 Å². The zero-order valence-corrected chi connectivity index (χ0v) is 8.69. The molecular weight excluding hydrogens is 251 g/mol. The van der Waals surface area contributed by atoms with Crippen LogP contribution in [0.25, 0.3) is 0 Å². The molecule has 15 heavy (non-hydrogen) atoms. The molecule has 82 valence electrons. The van der Waals surface area contributed by atoms with Gasteiger partial charge in [0.1, 0.15) is 11.6 Å². The van der Waals surface area contributed by atoms with Gasteiger partial charge in [-0.3, -0.25) is 4.79 Å². The first-order chi connectivity index (χ1) is 6.83. The summed E-state index contributed by atoms with van der Waals surface area (Å²) in [5.74, 6) is -5.17. The lowest BCUT2D eigenvalue weighted by atomic mass is 10.1. The second-order valence-electron chi connectivity index (χ2n) is 2.76. The van der Waals surface area contributed by atoms with Gasteiger partial charge in [-0.1, -0.05) is 23.2 Å². The van der Waals surface area contributed by atoms with Crippen molar-refractivity contribution >= 4 is 29.2 Å². The minimum absolute atomic E-state index is 0.0325. The second-order valence-corrected chi connectivity index (χ2v) is 3.56. The number of carboxylic acids is 1. The van der Waals surface area contributed by atoms with E-state index < -0.39 is 23.9 Å². The van der Waals surface area contributed by atoms with Gasteiger partial charge in [0, 0.05) is 6.20 Å². The van der Waals surface area contributed by atoms with Gasteiger partial charge in [0.05, 0.1) is 10.6 Å². The monoisotopic (exact) mass is 255 g/mol. The Hall–Kier alpha value is -0.940. The largest absolute Gasteiger partial charge is 0.481 e. The molecule has 1 rings (SSSR count). The third kappa shape index (κ3) is 3.00. The van der Waals surface area contributed by atoms with Crippen molar-refractivity contribution in [2.24, 2.45) is 0 Å². The van der Waals surface area contributed by atoms with Crippen LogP contribution in [-0.4, -0.2) is 16.1 Å². The van der Waals surface area contributed by atoms with Crippen LogP contribution in [0.3, 0.4) is 0 Å². The first-order valence-electron chi connectivity index (χ1n) is 3.74. The predicted molar refractivity (Wildman–Crippen MR) is 50.4 cm³/mol. The Labute approximate surface area is 93.6 Å². The van der Waals surface area contributed by atoms with Crippen molar-refractivity contribution in [2.75, 3.05) is 0 Å². The van der Waals surface area contributed by atoms with Gasteiger partial charge >= 0.3 is 5.97 Å². The Kier molecular flexibility index (Phi) is 3.46. The summed E-state index contributed by atoms with van der Waals surface area (Å²) in [6.07, 6.45) is -0.566. The maximum absolute atomic E-state index is 13.3. The van der Waals surface area contributed by atoms with Crippen LogP contribution in [0, 0.1) is 0 Å². The fourth-order valence-corrected chi connectivity index (χ4v) is 1.47. The van der Waals surface area contributed by atoms with Crippen LogP contribution in [0.2, 0.25) is 10.2 Å². The molecule has 0 atom stereocenters. The highest BCUT2D eigenvalue weighted by Crippen LogP contribution is 2.36. The number of alkyl halides is 2. The molecule has 0 saturated heterocycles. The summed E-state index contributed by atoms with van der Waals surface area (Å²) >= 11 is 10.9. The first kappa shape index (κ1) is 12.1. The highest BCUT2D eigenvalue weighted by atomic mass is 35.5. The minimum atomic E-state index is -3.56. The molecule has 0 bridgehead atoms. The van der Waals surface area contributed by atoms with E-state index in [2.05, 4.69) is 4.98 Å². The smallest absolute Gasteiger partial charge is 0.309 e. The molecule has 1 aromatic heterocycles. The van der Waals surface area contributed by atoms with Crippen LogP contribution in [-0.2, 0) is 10.7 Å². The molecule has 0 aliphatic carbocycles. The van der Waals surface area contributed by atoms with Crippen molar-refractivity contribution in [3.63, 3.8) is 0 Å². The summed E-state index contributed by atoms with van der Waals surface area (Å²) in [7, 11) is 0. The van der Waals surface area contributed by atoms with Crippen LogP contribution in [0.5, 0.6) is 0 Å². The number of rotatable bonds is 3. The number of hydrogen-bond acceptors (Lipinski definition) is 2. The Morgan fingerprint density at radius 1 is 1.53 bits per heavy atom. The summed E-state index contributed by atoms with van der Waals surface area (Å²) in [4.78, 5) is 13.6. The molecular formula is C8H5Cl2F2NO2. The fourth-order valence-electron chi connectivity index (χ4n) is 0.962. The molecule has 0 aliphatic heterocycles. The summed E-state index contributed by atoms with van der Waals surface area (Å²) in [5.41, 5.74) is -0.643. The lowest BCUT2D eigenvalue weighted by Crippen LogP contribution is -2.19. The average Bonchev–Trinajstić information content (AvgIpc) is 1.99. The van der Waals surface area contributed by atoms with Crippen molar-refractivity contribution in [1.82, 2.24) is 4.98 Å². The van der Waals surface area contributed by atoms with Crippen LogP contribution in [0.4, 0.5) is 8.78 Å². The van der Waals surface area contributed by atoms with Gasteiger partial charge in [0.25, 0.3) is 5.92 Å². The van der Waals surface area contributed by atoms with E-state index in [1.54, 1.807) is 0 Å². The summed E-state index contributed by atoms with van der Waals surface area (Å²) in [6, 6.07) is 1.04. The topological polar surface area (TPSA) is 50.2 Å². The zero-order chi connectivity index (χ0) is 11.6. The van der Waals surface area contributed by atoms with Gasteiger partial charge in [-0.2, -0.15) is 0 Å². The number of carbonyl (C=O) groups is 1. The van der Waals surface area contributed by atoms with Crippen LogP contribution < -0.4 is 0 Å². The maximum Gasteiger partial charge on any atom is 0.309 e. The molecule has 1 heterocycles. The highest BCUT2D eigenvalue weighted by molar-refractivity contribution is 6.34. The quantitative estimate of drug-likeness (QED) is 0.845. The molecule has 0 aliphatic rings. The average molecular weight is 256 g/mol. The number of nitrogens with zero attached hydrogens (tertiary/aromatic N) is 1. The van der Waals surface area contributed by atoms with E-state index >= 15 is 0 Å². The van der Waals surface area contributed by atoms with Crippen molar-refractivity contribution < 1.29 is 18.7 Å². The van der Waals surface area contributed by atoms with Crippen molar-refractivity contribution in [2.45, 2.75) is 12.3 Å². The Balaban J connectivity index is 3.09. The third-order valence-electron chi connectivity index (χ3n) is 1.59. The normalized spacial score (nSPS) is 11.5. The van der Waals surface area contributed by atoms with E-state index in [0.717, 1.165) is 12.3 Å². The van der Waals surface area contributed by atoms with E-state index in [-0.39, 0.29) is 10.2 Å². The Bertz CT molecular complexity index is 398. The Morgan fingerprint density at radius 2 is 2.13 bits per heavy atom. The second kappa shape index (κ2) is 4.28. The number of pyridine rings is 1. The molecule has 0 aromatic carbocycles. The van der Waals surface area contributed by atoms with Crippen LogP contribution in [0.1, 0.15) is 12.0 Å². The van der Waals surface area contributed by atoms with E-state index in [0.29, 0.717) is 0 Å². The van der Waals surface area contributed by atoms with E-state index in [4.69, 9.17) is 28.3 Å². The lowest BCUT2D eigenvalue weighted by molar-refractivity contribution is -0.145. The fraction of sp³-hybridized carbons (Fsp3) is 0.250. The molecule has 1 aromatic rings. The van der Waals surface area contributed by atoms with Gasteiger partial charge in [0.2, 0.25) is 0 Å². The third-order valence-corrected chi connectivity index (χ3v) is 2.11. The highest BCUT2D eigenvalue weighted by Gasteiger charge is 2.37. The number of hydrogen-bond donors (Lipinski definition) is 1. The lowest BCUT2D eigenvalue weighted by Gasteiger charge is -2.15. The van der Waals surface area contributed by atoms with Gasteiger partial charge in [-0.15, -0.1) is 0 Å². The molecule has 0 spiro atoms. The molecule has 0 saturated carbocycles.